The molecule has 1 aromatic rings. The van der Waals surface area contributed by atoms with Crippen LogP contribution in [0.4, 0.5) is 5.82 Å². The minimum absolute atomic E-state index is 0. The van der Waals surface area contributed by atoms with Gasteiger partial charge in [0.25, 0.3) is 0 Å². The lowest BCUT2D eigenvalue weighted by molar-refractivity contribution is 0.478. The van der Waals surface area contributed by atoms with Gasteiger partial charge in [-0.15, -0.1) is 37.2 Å². The van der Waals surface area contributed by atoms with Gasteiger partial charge in [0.05, 0.1) is 0 Å². The second-order valence-corrected chi connectivity index (χ2v) is 3.38. The van der Waals surface area contributed by atoms with E-state index >= 15 is 0 Å². The van der Waals surface area contributed by atoms with E-state index in [-0.39, 0.29) is 37.2 Å². The molecule has 2 N–H and O–H groups in total. The van der Waals surface area contributed by atoms with Crippen molar-refractivity contribution in [1.29, 1.82) is 0 Å². The van der Waals surface area contributed by atoms with E-state index in [0.717, 1.165) is 18.9 Å². The molecule has 0 saturated carbocycles. The molecule has 1 aliphatic rings. The fourth-order valence-corrected chi connectivity index (χ4v) is 1.62. The Labute approximate surface area is 115 Å². The van der Waals surface area contributed by atoms with E-state index in [2.05, 4.69) is 15.6 Å². The van der Waals surface area contributed by atoms with Crippen molar-refractivity contribution in [2.24, 2.45) is 0 Å². The standard InChI is InChI=1S/C10H15N3.3ClH/c1-2-6-12-10(3-1)13-9-4-7-11-8-5-9;;;/h1-3,6,9,11H,4-5,7-8H2,(H,12,13);3*1H. The molecule has 0 spiro atoms. The summed E-state index contributed by atoms with van der Waals surface area (Å²) in [7, 11) is 0. The van der Waals surface area contributed by atoms with Gasteiger partial charge in [0, 0.05) is 12.2 Å². The van der Waals surface area contributed by atoms with Crippen LogP contribution in [0.25, 0.3) is 0 Å². The lowest BCUT2D eigenvalue weighted by Gasteiger charge is -2.23. The molecule has 0 bridgehead atoms. The summed E-state index contributed by atoms with van der Waals surface area (Å²) >= 11 is 0. The van der Waals surface area contributed by atoms with Crippen LogP contribution < -0.4 is 10.6 Å². The van der Waals surface area contributed by atoms with Gasteiger partial charge < -0.3 is 10.6 Å². The largest absolute Gasteiger partial charge is 0.367 e. The smallest absolute Gasteiger partial charge is 0.126 e. The highest BCUT2D eigenvalue weighted by Crippen LogP contribution is 2.09. The molecule has 1 aromatic heterocycles. The third-order valence-electron chi connectivity index (χ3n) is 2.36. The zero-order chi connectivity index (χ0) is 8.93. The summed E-state index contributed by atoms with van der Waals surface area (Å²) < 4.78 is 0. The quantitative estimate of drug-likeness (QED) is 0.877. The molecule has 1 fully saturated rings. The van der Waals surface area contributed by atoms with Crippen molar-refractivity contribution < 1.29 is 0 Å². The zero-order valence-electron chi connectivity index (χ0n) is 8.89. The normalized spacial score (nSPS) is 15.0. The Morgan fingerprint density at radius 1 is 1.12 bits per heavy atom. The highest BCUT2D eigenvalue weighted by Gasteiger charge is 2.12. The second kappa shape index (κ2) is 9.97. The fourth-order valence-electron chi connectivity index (χ4n) is 1.62. The Morgan fingerprint density at radius 3 is 2.38 bits per heavy atom. The summed E-state index contributed by atoms with van der Waals surface area (Å²) in [5.74, 6) is 0.995. The van der Waals surface area contributed by atoms with E-state index in [0.29, 0.717) is 6.04 Å². The van der Waals surface area contributed by atoms with Crippen LogP contribution in [-0.2, 0) is 0 Å². The number of pyridine rings is 1. The Kier molecular flexibility index (Phi) is 11.3. The molecule has 0 amide bonds. The summed E-state index contributed by atoms with van der Waals surface area (Å²) in [6, 6.07) is 6.56. The Bertz CT molecular complexity index is 253. The molecule has 0 atom stereocenters. The van der Waals surface area contributed by atoms with Crippen LogP contribution >= 0.6 is 37.2 Å². The van der Waals surface area contributed by atoms with Gasteiger partial charge in [-0.25, -0.2) is 4.98 Å². The van der Waals surface area contributed by atoms with Crippen molar-refractivity contribution in [3.63, 3.8) is 0 Å². The van der Waals surface area contributed by atoms with E-state index in [1.807, 2.05) is 24.4 Å². The summed E-state index contributed by atoms with van der Waals surface area (Å²) in [5.41, 5.74) is 0. The van der Waals surface area contributed by atoms with Gasteiger partial charge in [-0.05, 0) is 38.1 Å². The molecule has 94 valence electrons. The molecule has 2 rings (SSSR count). The molecular formula is C10H18Cl3N3. The van der Waals surface area contributed by atoms with Crippen LogP contribution in [-0.4, -0.2) is 24.1 Å². The minimum atomic E-state index is 0. The summed E-state index contributed by atoms with van der Waals surface area (Å²) in [4.78, 5) is 4.24. The average molecular weight is 287 g/mol. The van der Waals surface area contributed by atoms with Crippen LogP contribution in [0.15, 0.2) is 24.4 Å². The summed E-state index contributed by atoms with van der Waals surface area (Å²) in [5, 5.41) is 6.77. The van der Waals surface area contributed by atoms with E-state index in [9.17, 15) is 0 Å². The van der Waals surface area contributed by atoms with Crippen molar-refractivity contribution in [3.05, 3.63) is 24.4 Å². The lowest BCUT2D eigenvalue weighted by Crippen LogP contribution is -2.35. The number of nitrogens with one attached hydrogen (secondary N) is 2. The molecule has 0 unspecified atom stereocenters. The first kappa shape index (κ1) is 18.2. The molecule has 16 heavy (non-hydrogen) atoms. The van der Waals surface area contributed by atoms with Crippen LogP contribution in [0.1, 0.15) is 12.8 Å². The highest BCUT2D eigenvalue weighted by molar-refractivity contribution is 5.86. The van der Waals surface area contributed by atoms with Crippen molar-refractivity contribution in [3.8, 4) is 0 Å². The number of hydrogen-bond acceptors (Lipinski definition) is 3. The number of piperidine rings is 1. The molecule has 1 aliphatic heterocycles. The molecular weight excluding hydrogens is 268 g/mol. The second-order valence-electron chi connectivity index (χ2n) is 3.38. The first-order valence-electron chi connectivity index (χ1n) is 4.83. The summed E-state index contributed by atoms with van der Waals surface area (Å²) in [6.45, 7) is 2.23. The number of rotatable bonds is 2. The fraction of sp³-hybridized carbons (Fsp3) is 0.500. The summed E-state index contributed by atoms with van der Waals surface area (Å²) in [6.07, 6.45) is 4.20. The Morgan fingerprint density at radius 2 is 1.81 bits per heavy atom. The van der Waals surface area contributed by atoms with Crippen molar-refractivity contribution in [2.45, 2.75) is 18.9 Å². The van der Waals surface area contributed by atoms with Crippen molar-refractivity contribution in [1.82, 2.24) is 10.3 Å². The van der Waals surface area contributed by atoms with E-state index in [4.69, 9.17) is 0 Å². The Hall–Kier alpha value is -0.220. The van der Waals surface area contributed by atoms with Gasteiger partial charge >= 0.3 is 0 Å². The van der Waals surface area contributed by atoms with Crippen molar-refractivity contribution >= 4 is 43.0 Å². The maximum atomic E-state index is 4.24. The molecule has 6 heteroatoms. The van der Waals surface area contributed by atoms with Crippen LogP contribution in [0, 0.1) is 0 Å². The maximum absolute atomic E-state index is 4.24. The molecule has 3 nitrogen and oxygen atoms in total. The minimum Gasteiger partial charge on any atom is -0.367 e. The number of anilines is 1. The van der Waals surface area contributed by atoms with Gasteiger partial charge in [-0.1, -0.05) is 6.07 Å². The van der Waals surface area contributed by atoms with Crippen LogP contribution in [0.3, 0.4) is 0 Å². The maximum Gasteiger partial charge on any atom is 0.126 e. The van der Waals surface area contributed by atoms with E-state index in [1.54, 1.807) is 0 Å². The van der Waals surface area contributed by atoms with Gasteiger partial charge in [0.15, 0.2) is 0 Å². The first-order valence-corrected chi connectivity index (χ1v) is 4.83. The number of halogens is 3. The lowest BCUT2D eigenvalue weighted by atomic mass is 10.1. The van der Waals surface area contributed by atoms with Gasteiger partial charge in [0.2, 0.25) is 0 Å². The molecule has 0 aliphatic carbocycles. The van der Waals surface area contributed by atoms with E-state index in [1.165, 1.54) is 12.8 Å². The van der Waals surface area contributed by atoms with Crippen LogP contribution in [0.2, 0.25) is 0 Å². The third kappa shape index (κ3) is 5.75. The zero-order valence-corrected chi connectivity index (χ0v) is 11.3. The van der Waals surface area contributed by atoms with Gasteiger partial charge in [-0.2, -0.15) is 0 Å². The topological polar surface area (TPSA) is 37.0 Å². The van der Waals surface area contributed by atoms with Gasteiger partial charge in [-0.3, -0.25) is 0 Å². The number of nitrogens with zero attached hydrogens (tertiary/aromatic N) is 1. The predicted octanol–water partition coefficient (Wildman–Crippen LogP) is 2.51. The predicted molar refractivity (Wildman–Crippen MR) is 75.5 cm³/mol. The molecule has 1 saturated heterocycles. The SMILES string of the molecule is Cl.Cl.Cl.c1ccc(NC2CCNCC2)nc1. The third-order valence-corrected chi connectivity index (χ3v) is 2.36. The molecule has 2 heterocycles. The Balaban J connectivity index is 0. The highest BCUT2D eigenvalue weighted by atomic mass is 35.5. The first-order chi connectivity index (χ1) is 6.45. The van der Waals surface area contributed by atoms with E-state index < -0.39 is 0 Å². The molecule has 0 radical (unpaired) electrons. The monoisotopic (exact) mass is 285 g/mol. The average Bonchev–Trinajstić information content (AvgIpc) is 2.21. The van der Waals surface area contributed by atoms with Gasteiger partial charge in [0.1, 0.15) is 5.82 Å². The number of aromatic nitrogens is 1. The van der Waals surface area contributed by atoms with Crippen LogP contribution in [0.5, 0.6) is 0 Å². The van der Waals surface area contributed by atoms with Crippen molar-refractivity contribution in [2.75, 3.05) is 18.4 Å². The number of hydrogen-bond donors (Lipinski definition) is 2. The molecule has 0 aromatic carbocycles.